The predicted molar refractivity (Wildman–Crippen MR) is 129 cm³/mol. The minimum atomic E-state index is -2.24. The molecular weight excluding hydrogens is 363 g/mol. The molecule has 2 aromatic carbocycles. The first-order valence-corrected chi connectivity index (χ1v) is 11.1. The monoisotopic (exact) mass is 400 g/mol. The first-order chi connectivity index (χ1) is 16.6. The van der Waals surface area contributed by atoms with E-state index < -0.39 is 20.1 Å². The molecule has 0 bridgehead atoms. The highest BCUT2D eigenvalue weighted by Gasteiger charge is 2.33. The van der Waals surface area contributed by atoms with Gasteiger partial charge in [-0.2, -0.15) is 0 Å². The van der Waals surface area contributed by atoms with Gasteiger partial charge in [-0.25, -0.2) is 4.57 Å². The van der Waals surface area contributed by atoms with Gasteiger partial charge in [0.05, 0.1) is 13.2 Å². The number of aryl methyl sites for hydroxylation is 1. The number of fused-ring (bicyclic) bond motifs is 2. The normalized spacial score (nSPS) is 20.6. The molecule has 1 fully saturated rings. The van der Waals surface area contributed by atoms with Gasteiger partial charge < -0.3 is 0 Å². The average Bonchev–Trinajstić information content (AvgIpc) is 2.84. The summed E-state index contributed by atoms with van der Waals surface area (Å²) in [4.78, 5) is 2.01. The molecule has 2 nitrogen and oxygen atoms in total. The molecule has 1 aromatic heterocycles. The van der Waals surface area contributed by atoms with Crippen molar-refractivity contribution in [2.24, 2.45) is 13.0 Å². The lowest BCUT2D eigenvalue weighted by molar-refractivity contribution is -0.631. The summed E-state index contributed by atoms with van der Waals surface area (Å²) >= 11 is 0. The Morgan fingerprint density at radius 1 is 1.10 bits per heavy atom. The second-order valence-electron chi connectivity index (χ2n) is 8.68. The standard InChI is InChI=1S/C27H32BN2/c1-20-24-14-8-7-13-22(24)19-30(28(20)2)27-18-23(17-21-11-5-4-6-12-21)25-15-9-10-16-26(25)29(27)3/h7-10,13-16,18-19,21H,4-6,11-12,17H2,1-3H3/q+1/i1D3,17D2. The Morgan fingerprint density at radius 2 is 1.87 bits per heavy atom. The molecule has 3 heteroatoms. The maximum Gasteiger partial charge on any atom is 0.405 e. The lowest BCUT2D eigenvalue weighted by Gasteiger charge is -2.26. The molecule has 5 rings (SSSR count). The molecule has 0 unspecified atom stereocenters. The molecular formula is C27H32BN2+. The van der Waals surface area contributed by atoms with Gasteiger partial charge in [0.2, 0.25) is 0 Å². The van der Waals surface area contributed by atoms with Crippen molar-refractivity contribution in [2.75, 3.05) is 4.81 Å². The van der Waals surface area contributed by atoms with Crippen LogP contribution < -0.4 is 19.8 Å². The van der Waals surface area contributed by atoms with Gasteiger partial charge in [-0.1, -0.05) is 74.6 Å². The molecule has 0 radical (unpaired) electrons. The van der Waals surface area contributed by atoms with Crippen LogP contribution in [-0.2, 0) is 13.4 Å². The van der Waals surface area contributed by atoms with Gasteiger partial charge in [-0.3, -0.25) is 4.81 Å². The fraction of sp³-hybridized carbons (Fsp3) is 0.370. The van der Waals surface area contributed by atoms with E-state index in [-0.39, 0.29) is 5.92 Å². The van der Waals surface area contributed by atoms with Gasteiger partial charge in [0.1, 0.15) is 5.52 Å². The lowest BCUT2D eigenvalue weighted by Crippen LogP contribution is -2.50. The van der Waals surface area contributed by atoms with Crippen molar-refractivity contribution < 1.29 is 11.4 Å². The van der Waals surface area contributed by atoms with E-state index in [4.69, 9.17) is 4.11 Å². The molecule has 0 N–H and O–H groups in total. The SMILES string of the molecule is [2H]C([2H])([2H])C1=c2ccccc2=CN(c2cc(C([2H])([2H])C3CCCCC3)c3ccccc3[n+]2C)B1C. The number of rotatable bonds is 3. The Labute approximate surface area is 187 Å². The summed E-state index contributed by atoms with van der Waals surface area (Å²) in [5, 5.41) is 2.54. The number of benzene rings is 2. The molecule has 1 saturated carbocycles. The maximum atomic E-state index is 9.26. The van der Waals surface area contributed by atoms with Crippen molar-refractivity contribution in [2.45, 2.75) is 52.2 Å². The number of nitrogens with zero attached hydrogens (tertiary/aromatic N) is 2. The first-order valence-electron chi connectivity index (χ1n) is 13.6. The Balaban J connectivity index is 1.75. The Hall–Kier alpha value is -2.55. The van der Waals surface area contributed by atoms with E-state index in [0.717, 1.165) is 52.8 Å². The number of para-hydroxylation sites is 1. The highest BCUT2D eigenvalue weighted by Crippen LogP contribution is 2.31. The van der Waals surface area contributed by atoms with E-state index in [0.29, 0.717) is 11.0 Å². The first kappa shape index (κ1) is 14.5. The highest BCUT2D eigenvalue weighted by molar-refractivity contribution is 6.80. The molecule has 0 spiro atoms. The number of hydrogen-bond acceptors (Lipinski definition) is 1. The van der Waals surface area contributed by atoms with Gasteiger partial charge in [-0.15, -0.1) is 0 Å². The summed E-state index contributed by atoms with van der Waals surface area (Å²) in [5.74, 6) is 0.773. The fourth-order valence-corrected chi connectivity index (χ4v) is 5.00. The zero-order valence-electron chi connectivity index (χ0n) is 22.9. The van der Waals surface area contributed by atoms with Gasteiger partial charge in [0, 0.05) is 23.5 Å². The van der Waals surface area contributed by atoms with Crippen molar-refractivity contribution >= 4 is 35.2 Å². The molecule has 0 amide bonds. The van der Waals surface area contributed by atoms with Crippen LogP contribution in [0.5, 0.6) is 0 Å². The van der Waals surface area contributed by atoms with Crippen LogP contribution >= 0.6 is 0 Å². The van der Waals surface area contributed by atoms with Crippen LogP contribution in [0.2, 0.25) is 6.82 Å². The predicted octanol–water partition coefficient (Wildman–Crippen LogP) is 4.38. The number of pyridine rings is 1. The second kappa shape index (κ2) is 7.94. The fourth-order valence-electron chi connectivity index (χ4n) is 5.00. The average molecular weight is 400 g/mol. The molecule has 1 aliphatic carbocycles. The summed E-state index contributed by atoms with van der Waals surface area (Å²) < 4.78 is 45.5. The molecule has 0 atom stereocenters. The van der Waals surface area contributed by atoms with E-state index in [1.165, 1.54) is 6.42 Å². The van der Waals surface area contributed by atoms with Gasteiger partial charge >= 0.3 is 6.85 Å². The number of aromatic nitrogens is 1. The molecule has 2 heterocycles. The van der Waals surface area contributed by atoms with Crippen LogP contribution in [0.25, 0.3) is 22.6 Å². The Kier molecular flexibility index (Phi) is 3.83. The van der Waals surface area contributed by atoms with Crippen molar-refractivity contribution in [1.29, 1.82) is 0 Å². The molecule has 3 aromatic rings. The van der Waals surface area contributed by atoms with Gasteiger partial charge in [0.25, 0.3) is 5.82 Å². The molecule has 0 saturated heterocycles. The number of anilines is 1. The van der Waals surface area contributed by atoms with Gasteiger partial charge in [-0.05, 0) is 48.3 Å². The molecule has 30 heavy (non-hydrogen) atoms. The number of hydrogen-bond donors (Lipinski definition) is 0. The third-order valence-corrected chi connectivity index (χ3v) is 6.77. The van der Waals surface area contributed by atoms with Crippen molar-refractivity contribution in [3.63, 3.8) is 0 Å². The summed E-state index contributed by atoms with van der Waals surface area (Å²) in [6.07, 6.45) is 5.65. The minimum Gasteiger partial charge on any atom is -0.293 e. The van der Waals surface area contributed by atoms with Gasteiger partial charge in [0.15, 0.2) is 0 Å². The van der Waals surface area contributed by atoms with Crippen LogP contribution in [0.3, 0.4) is 0 Å². The summed E-state index contributed by atoms with van der Waals surface area (Å²) in [6.45, 7) is -0.714. The molecule has 2 aliphatic rings. The Bertz CT molecular complexity index is 1390. The summed E-state index contributed by atoms with van der Waals surface area (Å²) in [6, 6.07) is 17.6. The molecule has 152 valence electrons. The lowest BCUT2D eigenvalue weighted by atomic mass is 9.55. The van der Waals surface area contributed by atoms with Crippen LogP contribution in [0.15, 0.2) is 54.6 Å². The third-order valence-electron chi connectivity index (χ3n) is 6.77. The van der Waals surface area contributed by atoms with Crippen molar-refractivity contribution in [1.82, 2.24) is 0 Å². The van der Waals surface area contributed by atoms with Crippen molar-refractivity contribution in [3.05, 3.63) is 70.6 Å². The quantitative estimate of drug-likeness (QED) is 0.468. The minimum absolute atomic E-state index is 0.0202. The zero-order valence-corrected chi connectivity index (χ0v) is 17.9. The topological polar surface area (TPSA) is 7.12 Å². The third kappa shape index (κ3) is 3.35. The van der Waals surface area contributed by atoms with E-state index >= 15 is 0 Å². The van der Waals surface area contributed by atoms with E-state index in [1.807, 2.05) is 79.5 Å². The maximum absolute atomic E-state index is 9.26. The summed E-state index contributed by atoms with van der Waals surface area (Å²) in [7, 11) is 1.98. The zero-order chi connectivity index (χ0) is 25.0. The largest absolute Gasteiger partial charge is 0.405 e. The van der Waals surface area contributed by atoms with E-state index in [1.54, 1.807) is 0 Å². The van der Waals surface area contributed by atoms with E-state index in [9.17, 15) is 2.74 Å². The van der Waals surface area contributed by atoms with Crippen molar-refractivity contribution in [3.8, 4) is 0 Å². The van der Waals surface area contributed by atoms with Crippen LogP contribution in [-0.4, -0.2) is 6.85 Å². The van der Waals surface area contributed by atoms with Crippen LogP contribution in [0.4, 0.5) is 5.82 Å². The highest BCUT2D eigenvalue weighted by atomic mass is 15.2. The Morgan fingerprint density at radius 3 is 2.70 bits per heavy atom. The van der Waals surface area contributed by atoms with Crippen LogP contribution in [0, 0.1) is 5.92 Å². The second-order valence-corrected chi connectivity index (χ2v) is 8.68. The van der Waals surface area contributed by atoms with E-state index in [2.05, 4.69) is 4.57 Å². The molecule has 1 aliphatic heterocycles. The summed E-state index contributed by atoms with van der Waals surface area (Å²) in [5.41, 5.74) is 2.05. The smallest absolute Gasteiger partial charge is 0.293 e. The van der Waals surface area contributed by atoms with Crippen LogP contribution in [0.1, 0.15) is 51.4 Å².